The molecule has 0 aromatic heterocycles. The molecule has 6 nitrogen and oxygen atoms in total. The number of para-hydroxylation sites is 1. The van der Waals surface area contributed by atoms with Crippen LogP contribution < -0.4 is 15.4 Å². The van der Waals surface area contributed by atoms with Gasteiger partial charge in [0.2, 0.25) is 0 Å². The third-order valence-electron chi connectivity index (χ3n) is 4.15. The number of hydrogen-bond acceptors (Lipinski definition) is 4. The lowest BCUT2D eigenvalue weighted by Gasteiger charge is -2.10. The molecule has 0 fully saturated rings. The van der Waals surface area contributed by atoms with Crippen molar-refractivity contribution in [3.63, 3.8) is 0 Å². The second kappa shape index (κ2) is 10.9. The Labute approximate surface area is 192 Å². The number of anilines is 2. The molecule has 0 heterocycles. The Kier molecular flexibility index (Phi) is 7.73. The largest absolute Gasteiger partial charge is 0.483 e. The minimum absolute atomic E-state index is 0.0619. The van der Waals surface area contributed by atoms with E-state index in [9.17, 15) is 19.2 Å². The fourth-order valence-electron chi connectivity index (χ4n) is 2.63. The Bertz CT molecular complexity index is 1190. The number of nitrogens with zero attached hydrogens (tertiary/aromatic N) is 1. The van der Waals surface area contributed by atoms with Crippen molar-refractivity contribution in [2.45, 2.75) is 0 Å². The fourth-order valence-corrected chi connectivity index (χ4v) is 3.14. The first kappa shape index (κ1) is 22.7. The summed E-state index contributed by atoms with van der Waals surface area (Å²) in [5.74, 6) is -0.914. The number of halogens is 2. The molecular formula is C24H17BrFN3O3. The molecule has 8 heteroatoms. The highest BCUT2D eigenvalue weighted by Gasteiger charge is 2.11. The SMILES string of the molecule is N#CC(=Cc1ccc(OCC(=O)Nc2ccc(F)cc2)c(Br)c1)C(=O)Nc1ccccc1. The predicted octanol–water partition coefficient (Wildman–Crippen LogP) is 5.15. The van der Waals surface area contributed by atoms with Crippen molar-refractivity contribution in [3.8, 4) is 11.8 Å². The molecule has 0 aliphatic heterocycles. The normalized spacial score (nSPS) is 10.7. The summed E-state index contributed by atoms with van der Waals surface area (Å²) in [6.45, 7) is -0.256. The Balaban J connectivity index is 1.62. The molecule has 0 radical (unpaired) electrons. The molecule has 0 spiro atoms. The first-order chi connectivity index (χ1) is 15.4. The maximum Gasteiger partial charge on any atom is 0.266 e. The topological polar surface area (TPSA) is 91.2 Å². The van der Waals surface area contributed by atoms with Crippen LogP contribution in [0.15, 0.2) is 82.8 Å². The van der Waals surface area contributed by atoms with Crippen LogP contribution in [0.1, 0.15) is 5.56 Å². The van der Waals surface area contributed by atoms with Crippen LogP contribution in [0.3, 0.4) is 0 Å². The van der Waals surface area contributed by atoms with Crippen LogP contribution in [0, 0.1) is 17.1 Å². The number of amides is 2. The number of benzene rings is 3. The Morgan fingerprint density at radius 3 is 2.34 bits per heavy atom. The number of carbonyl (C=O) groups excluding carboxylic acids is 2. The number of nitrogens with one attached hydrogen (secondary N) is 2. The van der Waals surface area contributed by atoms with Gasteiger partial charge in [0.25, 0.3) is 11.8 Å². The zero-order chi connectivity index (χ0) is 22.9. The summed E-state index contributed by atoms with van der Waals surface area (Å²) < 4.78 is 19.0. The Morgan fingerprint density at radius 1 is 1.00 bits per heavy atom. The molecule has 3 aromatic rings. The van der Waals surface area contributed by atoms with Crippen LogP contribution in [0.25, 0.3) is 6.08 Å². The van der Waals surface area contributed by atoms with Crippen molar-refractivity contribution in [2.24, 2.45) is 0 Å². The van der Waals surface area contributed by atoms with Crippen LogP contribution in [0.5, 0.6) is 5.75 Å². The van der Waals surface area contributed by atoms with Gasteiger partial charge < -0.3 is 15.4 Å². The minimum atomic E-state index is -0.521. The van der Waals surface area contributed by atoms with Crippen molar-refractivity contribution in [3.05, 3.63) is 94.2 Å². The summed E-state index contributed by atoms with van der Waals surface area (Å²) in [6, 6.07) is 21.1. The van der Waals surface area contributed by atoms with Crippen LogP contribution >= 0.6 is 15.9 Å². The zero-order valence-corrected chi connectivity index (χ0v) is 18.2. The summed E-state index contributed by atoms with van der Waals surface area (Å²) in [6.07, 6.45) is 1.45. The molecular weight excluding hydrogens is 477 g/mol. The molecule has 0 aliphatic rings. The molecule has 0 atom stereocenters. The molecule has 2 N–H and O–H groups in total. The summed E-state index contributed by atoms with van der Waals surface area (Å²) in [4.78, 5) is 24.4. The lowest BCUT2D eigenvalue weighted by Crippen LogP contribution is -2.20. The van der Waals surface area contributed by atoms with E-state index < -0.39 is 17.6 Å². The molecule has 2 amide bonds. The predicted molar refractivity (Wildman–Crippen MR) is 123 cm³/mol. The van der Waals surface area contributed by atoms with Gasteiger partial charge >= 0.3 is 0 Å². The van der Waals surface area contributed by atoms with E-state index in [1.165, 1.54) is 30.3 Å². The average molecular weight is 494 g/mol. The molecule has 32 heavy (non-hydrogen) atoms. The van der Waals surface area contributed by atoms with Gasteiger partial charge in [-0.2, -0.15) is 5.26 Å². The van der Waals surface area contributed by atoms with Gasteiger partial charge in [-0.3, -0.25) is 9.59 Å². The smallest absolute Gasteiger partial charge is 0.266 e. The van der Waals surface area contributed by atoms with Gasteiger partial charge in [0.05, 0.1) is 4.47 Å². The fraction of sp³-hybridized carbons (Fsp3) is 0.0417. The number of ether oxygens (including phenoxy) is 1. The lowest BCUT2D eigenvalue weighted by atomic mass is 10.1. The third-order valence-corrected chi connectivity index (χ3v) is 4.77. The van der Waals surface area contributed by atoms with E-state index in [1.54, 1.807) is 42.5 Å². The van der Waals surface area contributed by atoms with Crippen molar-refractivity contribution >= 4 is 45.2 Å². The van der Waals surface area contributed by atoms with E-state index in [2.05, 4.69) is 26.6 Å². The molecule has 3 aromatic carbocycles. The second-order valence-electron chi connectivity index (χ2n) is 6.52. The Hall–Kier alpha value is -3.96. The molecule has 0 aliphatic carbocycles. The van der Waals surface area contributed by atoms with Gasteiger partial charge in [0.15, 0.2) is 6.61 Å². The van der Waals surface area contributed by atoms with E-state index in [0.29, 0.717) is 27.2 Å². The van der Waals surface area contributed by atoms with E-state index in [-0.39, 0.29) is 12.2 Å². The summed E-state index contributed by atoms with van der Waals surface area (Å²) >= 11 is 3.36. The molecule has 0 bridgehead atoms. The number of rotatable bonds is 7. The average Bonchev–Trinajstić information content (AvgIpc) is 2.79. The lowest BCUT2D eigenvalue weighted by molar-refractivity contribution is -0.118. The second-order valence-corrected chi connectivity index (χ2v) is 7.38. The maximum absolute atomic E-state index is 12.9. The van der Waals surface area contributed by atoms with Crippen molar-refractivity contribution in [2.75, 3.05) is 17.2 Å². The van der Waals surface area contributed by atoms with E-state index >= 15 is 0 Å². The molecule has 0 saturated heterocycles. The molecule has 3 rings (SSSR count). The van der Waals surface area contributed by atoms with Gasteiger partial charge in [-0.15, -0.1) is 0 Å². The van der Waals surface area contributed by atoms with Crippen molar-refractivity contribution < 1.29 is 18.7 Å². The minimum Gasteiger partial charge on any atom is -0.483 e. The highest BCUT2D eigenvalue weighted by molar-refractivity contribution is 9.10. The van der Waals surface area contributed by atoms with Gasteiger partial charge in [0.1, 0.15) is 23.2 Å². The third kappa shape index (κ3) is 6.52. The summed E-state index contributed by atoms with van der Waals surface area (Å²) in [5.41, 5.74) is 1.58. The maximum atomic E-state index is 12.9. The van der Waals surface area contributed by atoms with E-state index in [1.807, 2.05) is 12.1 Å². The van der Waals surface area contributed by atoms with Crippen LogP contribution in [-0.4, -0.2) is 18.4 Å². The first-order valence-corrected chi connectivity index (χ1v) is 10.2. The standard InChI is InChI=1S/C24H17BrFN3O3/c25-21-13-16(12-17(14-27)24(31)29-19-4-2-1-3-5-19)6-11-22(21)32-15-23(30)28-20-9-7-18(26)8-10-20/h1-13H,15H2,(H,28,30)(H,29,31). The Morgan fingerprint density at radius 2 is 1.69 bits per heavy atom. The van der Waals surface area contributed by atoms with Crippen LogP contribution in [-0.2, 0) is 9.59 Å². The van der Waals surface area contributed by atoms with Gasteiger partial charge in [0, 0.05) is 11.4 Å². The quantitative estimate of drug-likeness (QED) is 0.351. The highest BCUT2D eigenvalue weighted by atomic mass is 79.9. The molecule has 0 unspecified atom stereocenters. The van der Waals surface area contributed by atoms with Crippen LogP contribution in [0.2, 0.25) is 0 Å². The van der Waals surface area contributed by atoms with Gasteiger partial charge in [-0.25, -0.2) is 4.39 Å². The first-order valence-electron chi connectivity index (χ1n) is 9.40. The number of hydrogen-bond donors (Lipinski definition) is 2. The van der Waals surface area contributed by atoms with Crippen LogP contribution in [0.4, 0.5) is 15.8 Å². The zero-order valence-electron chi connectivity index (χ0n) is 16.6. The molecule has 0 saturated carbocycles. The summed E-state index contributed by atoms with van der Waals surface area (Å²) in [7, 11) is 0. The monoisotopic (exact) mass is 493 g/mol. The van der Waals surface area contributed by atoms with Gasteiger partial charge in [-0.1, -0.05) is 24.3 Å². The van der Waals surface area contributed by atoms with Gasteiger partial charge in [-0.05, 0) is 76.1 Å². The van der Waals surface area contributed by atoms with E-state index in [4.69, 9.17) is 4.74 Å². The molecule has 160 valence electrons. The van der Waals surface area contributed by atoms with E-state index in [0.717, 1.165) is 0 Å². The number of carbonyl (C=O) groups is 2. The highest BCUT2D eigenvalue weighted by Crippen LogP contribution is 2.27. The van der Waals surface area contributed by atoms with Crippen molar-refractivity contribution in [1.29, 1.82) is 5.26 Å². The van der Waals surface area contributed by atoms with Crippen molar-refractivity contribution in [1.82, 2.24) is 0 Å². The summed E-state index contributed by atoms with van der Waals surface area (Å²) in [5, 5.41) is 14.6. The number of nitriles is 1.